The third kappa shape index (κ3) is 4.48. The maximum atomic E-state index is 13.7. The van der Waals surface area contributed by atoms with Crippen molar-refractivity contribution in [2.45, 2.75) is 89.9 Å². The number of allylic oxidation sites excluding steroid dienone is 5. The number of rotatable bonds is 12. The Morgan fingerprint density at radius 2 is 1.80 bits per heavy atom. The van der Waals surface area contributed by atoms with Crippen molar-refractivity contribution in [3.8, 4) is 0 Å². The van der Waals surface area contributed by atoms with Gasteiger partial charge in [-0.2, -0.15) is 0 Å². The Hall–Kier alpha value is -3.33. The van der Waals surface area contributed by atoms with Crippen molar-refractivity contribution in [2.24, 2.45) is 23.2 Å². The van der Waals surface area contributed by atoms with Crippen molar-refractivity contribution in [3.05, 3.63) is 47.1 Å². The normalized spacial score (nSPS) is 34.1. The van der Waals surface area contributed by atoms with E-state index in [4.69, 9.17) is 14.2 Å². The molecule has 5 aliphatic rings. The molecule has 0 aromatic carbocycles. The quantitative estimate of drug-likeness (QED) is 0.161. The molecule has 2 aliphatic carbocycles. The van der Waals surface area contributed by atoms with Gasteiger partial charge < -0.3 is 19.3 Å². The summed E-state index contributed by atoms with van der Waals surface area (Å²) < 4.78 is 17.4. The predicted octanol–water partition coefficient (Wildman–Crippen LogP) is 4.51. The van der Waals surface area contributed by atoms with Crippen LogP contribution < -0.4 is 0 Å². The standard InChI is InChI=1S/C31H36O9/c1-3-5-7-8-9-11-12-18-14-23-30(17-24(33)34)16-20-25(28(36)38-27(20)35)26-19(18)15-22(21(32)13-10-6-4-2)39-31(23,26)40-29(30)37/h3-6,14,18-19,22,26H,7-13,15-17H2,1-2H3,(H,33,34)/b5-3+,6-4+/t18-,19?,22+,26?,30-,31+/m0/s1. The number of hydrogen-bond acceptors (Lipinski definition) is 8. The van der Waals surface area contributed by atoms with Crippen molar-refractivity contribution in [1.29, 1.82) is 0 Å². The van der Waals surface area contributed by atoms with E-state index in [0.717, 1.165) is 32.1 Å². The van der Waals surface area contributed by atoms with Gasteiger partial charge in [0, 0.05) is 18.4 Å². The van der Waals surface area contributed by atoms with Crippen molar-refractivity contribution < 1.29 is 43.3 Å². The molecule has 6 atom stereocenters. The summed E-state index contributed by atoms with van der Waals surface area (Å²) in [6.07, 6.45) is 13.6. The average Bonchev–Trinajstić information content (AvgIpc) is 3.25. The van der Waals surface area contributed by atoms with Crippen LogP contribution in [-0.2, 0) is 38.2 Å². The summed E-state index contributed by atoms with van der Waals surface area (Å²) in [7, 11) is 0. The second-order valence-corrected chi connectivity index (χ2v) is 11.5. The largest absolute Gasteiger partial charge is 0.481 e. The molecule has 3 heterocycles. The van der Waals surface area contributed by atoms with Crippen molar-refractivity contribution in [1.82, 2.24) is 0 Å². The first-order valence-electron chi connectivity index (χ1n) is 14.3. The van der Waals surface area contributed by atoms with Gasteiger partial charge in [-0.05, 0) is 57.8 Å². The van der Waals surface area contributed by atoms with Crippen LogP contribution in [0.2, 0.25) is 0 Å². The topological polar surface area (TPSA) is 133 Å². The SMILES string of the molecule is C/C=C/CCCCC[C@H]1C=C2[C@@]3(CC(=O)O)CC4=C(C(=O)OC4=O)C4C1C[C@H](C(=O)CC/C=C/C)O[C@@]24OC3=O. The molecule has 1 N–H and O–H groups in total. The molecule has 2 unspecified atom stereocenters. The zero-order chi connectivity index (χ0) is 28.7. The number of carboxylic acids is 1. The van der Waals surface area contributed by atoms with Crippen molar-refractivity contribution in [2.75, 3.05) is 0 Å². The Bertz CT molecular complexity index is 1250. The molecule has 2 fully saturated rings. The van der Waals surface area contributed by atoms with Crippen LogP contribution in [0.3, 0.4) is 0 Å². The molecule has 9 heteroatoms. The maximum Gasteiger partial charge on any atom is 0.343 e. The summed E-state index contributed by atoms with van der Waals surface area (Å²) in [4.78, 5) is 65.1. The van der Waals surface area contributed by atoms with Gasteiger partial charge in [-0.15, -0.1) is 0 Å². The summed E-state index contributed by atoms with van der Waals surface area (Å²) in [5.41, 5.74) is -1.25. The van der Waals surface area contributed by atoms with E-state index in [0.29, 0.717) is 18.4 Å². The van der Waals surface area contributed by atoms with Crippen LogP contribution >= 0.6 is 0 Å². The summed E-state index contributed by atoms with van der Waals surface area (Å²) in [5, 5.41) is 9.90. The van der Waals surface area contributed by atoms with E-state index in [9.17, 15) is 29.1 Å². The number of cyclic esters (lactones) is 2. The Labute approximate surface area is 233 Å². The number of aliphatic carboxylic acids is 1. The number of esters is 3. The van der Waals surface area contributed by atoms with Crippen LogP contribution in [0.5, 0.6) is 0 Å². The number of hydrogen-bond donors (Lipinski definition) is 1. The molecule has 40 heavy (non-hydrogen) atoms. The molecule has 3 aliphatic heterocycles. The van der Waals surface area contributed by atoms with Crippen molar-refractivity contribution >= 4 is 29.7 Å². The number of unbranched alkanes of at least 4 members (excludes halogenated alkanes) is 3. The number of carboxylic acid groups (broad SMARTS) is 1. The molecule has 5 rings (SSSR count). The van der Waals surface area contributed by atoms with E-state index >= 15 is 0 Å². The minimum atomic E-state index is -1.82. The molecule has 2 saturated heterocycles. The van der Waals surface area contributed by atoms with E-state index in [2.05, 4.69) is 6.08 Å². The van der Waals surface area contributed by atoms with Gasteiger partial charge >= 0.3 is 23.9 Å². The Morgan fingerprint density at radius 3 is 2.52 bits per heavy atom. The Kier molecular flexibility index (Phi) is 7.70. The highest BCUT2D eigenvalue weighted by Crippen LogP contribution is 2.67. The number of Topliss-reactive ketones (excluding diaryl/α,β-unsaturated/α-hetero) is 1. The molecular formula is C31H36O9. The minimum absolute atomic E-state index is 0.0270. The van der Waals surface area contributed by atoms with Crippen LogP contribution in [0.4, 0.5) is 0 Å². The molecule has 5 bridgehead atoms. The maximum absolute atomic E-state index is 13.7. The van der Waals surface area contributed by atoms with Crippen LogP contribution in [-0.4, -0.2) is 46.7 Å². The molecule has 0 aromatic heterocycles. The van der Waals surface area contributed by atoms with Gasteiger partial charge in [0.25, 0.3) is 0 Å². The van der Waals surface area contributed by atoms with Crippen LogP contribution in [0.15, 0.2) is 47.1 Å². The van der Waals surface area contributed by atoms with Gasteiger partial charge in [-0.1, -0.05) is 43.2 Å². The lowest BCUT2D eigenvalue weighted by Gasteiger charge is -2.52. The molecule has 0 radical (unpaired) electrons. The van der Waals surface area contributed by atoms with E-state index in [1.807, 2.05) is 38.2 Å². The lowest BCUT2D eigenvalue weighted by atomic mass is 9.59. The van der Waals surface area contributed by atoms with Crippen LogP contribution in [0.1, 0.15) is 78.1 Å². The lowest BCUT2D eigenvalue weighted by molar-refractivity contribution is -0.268. The van der Waals surface area contributed by atoms with Crippen LogP contribution in [0, 0.1) is 23.2 Å². The first-order chi connectivity index (χ1) is 19.2. The van der Waals surface area contributed by atoms with Gasteiger partial charge in [-0.3, -0.25) is 14.4 Å². The number of ketones is 1. The Morgan fingerprint density at radius 1 is 1.05 bits per heavy atom. The molecule has 0 amide bonds. The summed E-state index contributed by atoms with van der Waals surface area (Å²) in [6.45, 7) is 3.86. The van der Waals surface area contributed by atoms with E-state index < -0.39 is 53.5 Å². The molecule has 1 spiro atoms. The van der Waals surface area contributed by atoms with Gasteiger partial charge in [0.15, 0.2) is 5.78 Å². The number of carbonyl (C=O) groups excluding carboxylic acids is 4. The summed E-state index contributed by atoms with van der Waals surface area (Å²) in [6, 6.07) is 0. The van der Waals surface area contributed by atoms with Gasteiger partial charge in [0.1, 0.15) is 11.5 Å². The minimum Gasteiger partial charge on any atom is -0.481 e. The predicted molar refractivity (Wildman–Crippen MR) is 141 cm³/mol. The monoisotopic (exact) mass is 552 g/mol. The van der Waals surface area contributed by atoms with Gasteiger partial charge in [0.05, 0.1) is 23.5 Å². The zero-order valence-electron chi connectivity index (χ0n) is 23.0. The van der Waals surface area contributed by atoms with Gasteiger partial charge in [-0.25, -0.2) is 9.59 Å². The fourth-order valence-electron chi connectivity index (χ4n) is 7.40. The number of ether oxygens (including phenoxy) is 3. The van der Waals surface area contributed by atoms with Crippen LogP contribution in [0.25, 0.3) is 0 Å². The fraction of sp³-hybridized carbons (Fsp3) is 0.581. The molecular weight excluding hydrogens is 516 g/mol. The lowest BCUT2D eigenvalue weighted by Crippen LogP contribution is -2.59. The van der Waals surface area contributed by atoms with Gasteiger partial charge in [0.2, 0.25) is 5.79 Å². The third-order valence-electron chi connectivity index (χ3n) is 9.11. The molecule has 0 saturated carbocycles. The smallest absolute Gasteiger partial charge is 0.343 e. The highest BCUT2D eigenvalue weighted by Gasteiger charge is 2.75. The van der Waals surface area contributed by atoms with E-state index in [1.165, 1.54) is 0 Å². The fourth-order valence-corrected chi connectivity index (χ4v) is 7.40. The first kappa shape index (κ1) is 28.2. The summed E-state index contributed by atoms with van der Waals surface area (Å²) >= 11 is 0. The average molecular weight is 553 g/mol. The Balaban J connectivity index is 1.60. The first-order valence-corrected chi connectivity index (χ1v) is 14.3. The number of carbonyl (C=O) groups is 5. The second kappa shape index (κ2) is 10.9. The van der Waals surface area contributed by atoms with E-state index in [-0.39, 0.29) is 41.6 Å². The third-order valence-corrected chi connectivity index (χ3v) is 9.11. The van der Waals surface area contributed by atoms with Crippen molar-refractivity contribution in [3.63, 3.8) is 0 Å². The second-order valence-electron chi connectivity index (χ2n) is 11.5. The zero-order valence-corrected chi connectivity index (χ0v) is 23.0. The molecule has 9 nitrogen and oxygen atoms in total. The summed E-state index contributed by atoms with van der Waals surface area (Å²) in [5.74, 6) is -7.03. The van der Waals surface area contributed by atoms with E-state index in [1.54, 1.807) is 0 Å². The molecule has 214 valence electrons. The highest BCUT2D eigenvalue weighted by atomic mass is 16.7. The highest BCUT2D eigenvalue weighted by molar-refractivity contribution is 6.14. The molecule has 0 aromatic rings.